The molecule has 0 saturated heterocycles. The Hall–Kier alpha value is -3.22. The number of methoxy groups -OCH3 is 2. The Kier molecular flexibility index (Phi) is 4.24. The third kappa shape index (κ3) is 3.24. The van der Waals surface area contributed by atoms with Crippen LogP contribution in [0.4, 0.5) is 5.69 Å². The van der Waals surface area contributed by atoms with Gasteiger partial charge in [0, 0.05) is 11.8 Å². The van der Waals surface area contributed by atoms with Gasteiger partial charge in [0.1, 0.15) is 0 Å². The number of nitrogens with one attached hydrogen (secondary N) is 2. The molecule has 2 N–H and O–H groups in total. The van der Waals surface area contributed by atoms with E-state index in [1.54, 1.807) is 43.5 Å². The molecule has 0 fully saturated rings. The topological polar surface area (TPSA) is 93.6 Å². The van der Waals surface area contributed by atoms with Crippen LogP contribution in [0.3, 0.4) is 0 Å². The molecule has 2 aromatic carbocycles. The van der Waals surface area contributed by atoms with Gasteiger partial charge in [0.15, 0.2) is 17.1 Å². The first-order valence-corrected chi connectivity index (χ1v) is 7.22. The molecule has 0 aliphatic rings. The third-order valence-corrected chi connectivity index (χ3v) is 3.52. The Labute approximate surface area is 137 Å². The number of oxazole rings is 1. The number of amides is 1. The van der Waals surface area contributed by atoms with Gasteiger partial charge in [-0.15, -0.1) is 0 Å². The summed E-state index contributed by atoms with van der Waals surface area (Å²) < 4.78 is 15.3. The molecule has 124 valence electrons. The van der Waals surface area contributed by atoms with Crippen molar-refractivity contribution >= 4 is 22.7 Å². The number of rotatable bonds is 5. The average molecular weight is 328 g/mol. The summed E-state index contributed by atoms with van der Waals surface area (Å²) in [5.74, 6) is 0.418. The molecule has 0 aliphatic carbocycles. The highest BCUT2D eigenvalue weighted by Gasteiger charge is 2.09. The van der Waals surface area contributed by atoms with Crippen LogP contribution in [0.1, 0.15) is 5.56 Å². The lowest BCUT2D eigenvalue weighted by Gasteiger charge is -2.10. The molecule has 0 aliphatic heterocycles. The second kappa shape index (κ2) is 6.49. The number of benzene rings is 2. The number of hydrogen-bond donors (Lipinski definition) is 2. The fourth-order valence-corrected chi connectivity index (χ4v) is 2.41. The van der Waals surface area contributed by atoms with Gasteiger partial charge in [-0.1, -0.05) is 6.07 Å². The molecule has 7 nitrogen and oxygen atoms in total. The van der Waals surface area contributed by atoms with Crippen molar-refractivity contribution in [2.24, 2.45) is 0 Å². The molecule has 0 saturated carbocycles. The molecule has 0 atom stereocenters. The normalized spacial score (nSPS) is 10.6. The second-order valence-electron chi connectivity index (χ2n) is 5.14. The van der Waals surface area contributed by atoms with Gasteiger partial charge in [0.25, 0.3) is 0 Å². The van der Waals surface area contributed by atoms with Crippen molar-refractivity contribution in [3.05, 3.63) is 52.5 Å². The third-order valence-electron chi connectivity index (χ3n) is 3.52. The standard InChI is InChI=1S/C17H16N2O5/c1-22-14-6-4-11(9-15(14)23-2)18-16(20)8-10-3-5-13-12(7-10)19-17(21)24-13/h3-7,9H,8H2,1-2H3,(H,18,20)(H,19,21). The Morgan fingerprint density at radius 1 is 1.12 bits per heavy atom. The molecule has 1 heterocycles. The molecular formula is C17H16N2O5. The molecule has 1 amide bonds. The zero-order valence-corrected chi connectivity index (χ0v) is 13.2. The summed E-state index contributed by atoms with van der Waals surface area (Å²) in [5.41, 5.74) is 2.40. The molecule has 0 bridgehead atoms. The Balaban J connectivity index is 1.73. The van der Waals surface area contributed by atoms with Crippen LogP contribution < -0.4 is 20.5 Å². The number of anilines is 1. The minimum atomic E-state index is -0.517. The largest absolute Gasteiger partial charge is 0.493 e. The SMILES string of the molecule is COc1ccc(NC(=O)Cc2ccc3oc(=O)[nH]c3c2)cc1OC. The van der Waals surface area contributed by atoms with E-state index in [0.29, 0.717) is 28.3 Å². The van der Waals surface area contributed by atoms with E-state index in [1.807, 2.05) is 0 Å². The Morgan fingerprint density at radius 2 is 1.92 bits per heavy atom. The maximum atomic E-state index is 12.2. The van der Waals surface area contributed by atoms with Gasteiger partial charge in [-0.2, -0.15) is 0 Å². The second-order valence-corrected chi connectivity index (χ2v) is 5.14. The van der Waals surface area contributed by atoms with Crippen molar-refractivity contribution in [3.8, 4) is 11.5 Å². The van der Waals surface area contributed by atoms with E-state index in [1.165, 1.54) is 7.11 Å². The lowest BCUT2D eigenvalue weighted by atomic mass is 10.1. The van der Waals surface area contributed by atoms with Crippen molar-refractivity contribution in [1.82, 2.24) is 4.98 Å². The van der Waals surface area contributed by atoms with Crippen LogP contribution in [0.15, 0.2) is 45.6 Å². The number of hydrogen-bond acceptors (Lipinski definition) is 5. The van der Waals surface area contributed by atoms with Crippen LogP contribution in [-0.4, -0.2) is 25.1 Å². The lowest BCUT2D eigenvalue weighted by molar-refractivity contribution is -0.115. The zero-order chi connectivity index (χ0) is 17.1. The summed E-state index contributed by atoms with van der Waals surface area (Å²) in [6.45, 7) is 0. The number of fused-ring (bicyclic) bond motifs is 1. The molecule has 0 spiro atoms. The van der Waals surface area contributed by atoms with Gasteiger partial charge in [-0.3, -0.25) is 9.78 Å². The predicted molar refractivity (Wildman–Crippen MR) is 88.7 cm³/mol. The van der Waals surface area contributed by atoms with Crippen LogP contribution in [0.5, 0.6) is 11.5 Å². The summed E-state index contributed by atoms with van der Waals surface area (Å²) in [6, 6.07) is 10.3. The first kappa shape index (κ1) is 15.7. The van der Waals surface area contributed by atoms with E-state index >= 15 is 0 Å². The smallest absolute Gasteiger partial charge is 0.417 e. The van der Waals surface area contributed by atoms with Gasteiger partial charge < -0.3 is 19.2 Å². The molecular weight excluding hydrogens is 312 g/mol. The summed E-state index contributed by atoms with van der Waals surface area (Å²) >= 11 is 0. The summed E-state index contributed by atoms with van der Waals surface area (Å²) in [7, 11) is 3.08. The Morgan fingerprint density at radius 3 is 2.67 bits per heavy atom. The maximum Gasteiger partial charge on any atom is 0.417 e. The number of carbonyl (C=O) groups excluding carboxylic acids is 1. The lowest BCUT2D eigenvalue weighted by Crippen LogP contribution is -2.14. The highest BCUT2D eigenvalue weighted by molar-refractivity contribution is 5.93. The fraction of sp³-hybridized carbons (Fsp3) is 0.176. The van der Waals surface area contributed by atoms with Crippen molar-refractivity contribution in [3.63, 3.8) is 0 Å². The van der Waals surface area contributed by atoms with E-state index < -0.39 is 5.76 Å². The van der Waals surface area contributed by atoms with Crippen LogP contribution in [0, 0.1) is 0 Å². The number of aromatic nitrogens is 1. The molecule has 0 radical (unpaired) electrons. The van der Waals surface area contributed by atoms with Crippen LogP contribution in [0.25, 0.3) is 11.1 Å². The van der Waals surface area contributed by atoms with Crippen molar-refractivity contribution in [2.45, 2.75) is 6.42 Å². The quantitative estimate of drug-likeness (QED) is 0.749. The van der Waals surface area contributed by atoms with E-state index in [4.69, 9.17) is 13.9 Å². The van der Waals surface area contributed by atoms with Crippen molar-refractivity contribution in [1.29, 1.82) is 0 Å². The van der Waals surface area contributed by atoms with E-state index in [9.17, 15) is 9.59 Å². The molecule has 3 rings (SSSR count). The van der Waals surface area contributed by atoms with Crippen LogP contribution in [-0.2, 0) is 11.2 Å². The number of ether oxygens (including phenoxy) is 2. The van der Waals surface area contributed by atoms with Crippen molar-refractivity contribution < 1.29 is 18.7 Å². The predicted octanol–water partition coefficient (Wildman–Crippen LogP) is 2.32. The summed E-state index contributed by atoms with van der Waals surface area (Å²) in [6.07, 6.45) is 0.164. The number of aromatic amines is 1. The molecule has 24 heavy (non-hydrogen) atoms. The first-order chi connectivity index (χ1) is 11.6. The summed E-state index contributed by atoms with van der Waals surface area (Å²) in [4.78, 5) is 25.9. The van der Waals surface area contributed by atoms with Gasteiger partial charge in [0.2, 0.25) is 5.91 Å². The highest BCUT2D eigenvalue weighted by atomic mass is 16.5. The number of carbonyl (C=O) groups is 1. The van der Waals surface area contributed by atoms with E-state index in [-0.39, 0.29) is 12.3 Å². The minimum Gasteiger partial charge on any atom is -0.493 e. The highest BCUT2D eigenvalue weighted by Crippen LogP contribution is 2.29. The maximum absolute atomic E-state index is 12.2. The summed E-state index contributed by atoms with van der Waals surface area (Å²) in [5, 5.41) is 2.80. The minimum absolute atomic E-state index is 0.164. The first-order valence-electron chi connectivity index (χ1n) is 7.22. The van der Waals surface area contributed by atoms with E-state index in [2.05, 4.69) is 10.3 Å². The Bertz CT molecular complexity index is 942. The fourth-order valence-electron chi connectivity index (χ4n) is 2.41. The molecule has 7 heteroatoms. The number of H-pyrrole nitrogens is 1. The molecule has 1 aromatic heterocycles. The van der Waals surface area contributed by atoms with Crippen molar-refractivity contribution in [2.75, 3.05) is 19.5 Å². The molecule has 0 unspecified atom stereocenters. The van der Waals surface area contributed by atoms with Crippen LogP contribution in [0.2, 0.25) is 0 Å². The molecule has 3 aromatic rings. The van der Waals surface area contributed by atoms with Gasteiger partial charge in [-0.05, 0) is 29.8 Å². The van der Waals surface area contributed by atoms with E-state index in [0.717, 1.165) is 5.56 Å². The van der Waals surface area contributed by atoms with Crippen LogP contribution >= 0.6 is 0 Å². The average Bonchev–Trinajstić information content (AvgIpc) is 2.93. The monoisotopic (exact) mass is 328 g/mol. The zero-order valence-electron chi connectivity index (χ0n) is 13.2. The van der Waals surface area contributed by atoms with Gasteiger partial charge in [-0.25, -0.2) is 4.79 Å². The van der Waals surface area contributed by atoms with Gasteiger partial charge >= 0.3 is 5.76 Å². The van der Waals surface area contributed by atoms with Gasteiger partial charge in [0.05, 0.1) is 26.2 Å².